The van der Waals surface area contributed by atoms with Crippen LogP contribution in [0.3, 0.4) is 0 Å². The van der Waals surface area contributed by atoms with Crippen molar-refractivity contribution in [1.82, 2.24) is 10.5 Å². The van der Waals surface area contributed by atoms with Crippen molar-refractivity contribution >= 4 is 0 Å². The molecule has 1 aromatic heterocycles. The first-order chi connectivity index (χ1) is 9.24. The molecule has 2 aromatic rings. The number of benzene rings is 1. The third-order valence-corrected chi connectivity index (χ3v) is 3.57. The van der Waals surface area contributed by atoms with Crippen LogP contribution in [0.1, 0.15) is 28.1 Å². The highest BCUT2D eigenvalue weighted by atomic mass is 16.5. The lowest BCUT2D eigenvalue weighted by atomic mass is 10.1. The lowest BCUT2D eigenvalue weighted by Gasteiger charge is -2.06. The third kappa shape index (κ3) is 2.49. The molecule has 0 atom stereocenters. The van der Waals surface area contributed by atoms with Gasteiger partial charge in [-0.3, -0.25) is 0 Å². The summed E-state index contributed by atoms with van der Waals surface area (Å²) in [5, 5.41) is 7.39. The summed E-state index contributed by atoms with van der Waals surface area (Å²) in [4.78, 5) is 0. The Morgan fingerprint density at radius 1 is 1.26 bits per heavy atom. The zero-order chi connectivity index (χ0) is 13.2. The van der Waals surface area contributed by atoms with Crippen molar-refractivity contribution in [1.29, 1.82) is 0 Å². The van der Waals surface area contributed by atoms with Crippen molar-refractivity contribution in [2.45, 2.75) is 33.4 Å². The van der Waals surface area contributed by atoms with Crippen LogP contribution < -0.4 is 10.1 Å². The van der Waals surface area contributed by atoms with Gasteiger partial charge in [0.2, 0.25) is 0 Å². The SMILES string of the molecule is Cc1noc(C)c1CNCc1ccc2c(c1)CCO2. The average Bonchev–Trinajstić information content (AvgIpc) is 2.99. The molecule has 1 aromatic carbocycles. The number of aromatic nitrogens is 1. The Hall–Kier alpha value is -1.81. The fourth-order valence-electron chi connectivity index (χ4n) is 2.44. The maximum Gasteiger partial charge on any atom is 0.138 e. The summed E-state index contributed by atoms with van der Waals surface area (Å²) >= 11 is 0. The Morgan fingerprint density at radius 3 is 2.95 bits per heavy atom. The summed E-state index contributed by atoms with van der Waals surface area (Å²) in [5.74, 6) is 1.93. The second-order valence-corrected chi connectivity index (χ2v) is 4.95. The van der Waals surface area contributed by atoms with Crippen molar-refractivity contribution in [3.63, 3.8) is 0 Å². The summed E-state index contributed by atoms with van der Waals surface area (Å²) in [6, 6.07) is 6.41. The monoisotopic (exact) mass is 258 g/mol. The van der Waals surface area contributed by atoms with Crippen LogP contribution in [0, 0.1) is 13.8 Å². The minimum Gasteiger partial charge on any atom is -0.493 e. The molecule has 0 radical (unpaired) electrons. The first-order valence-corrected chi connectivity index (χ1v) is 6.61. The normalized spacial score (nSPS) is 13.4. The summed E-state index contributed by atoms with van der Waals surface area (Å²) in [5.41, 5.74) is 4.73. The van der Waals surface area contributed by atoms with E-state index in [0.717, 1.165) is 48.9 Å². The van der Waals surface area contributed by atoms with Gasteiger partial charge in [-0.15, -0.1) is 0 Å². The molecule has 19 heavy (non-hydrogen) atoms. The van der Waals surface area contributed by atoms with Crippen LogP contribution in [0.25, 0.3) is 0 Å². The highest BCUT2D eigenvalue weighted by Gasteiger charge is 2.12. The van der Waals surface area contributed by atoms with Crippen molar-refractivity contribution < 1.29 is 9.26 Å². The molecule has 1 aliphatic heterocycles. The van der Waals surface area contributed by atoms with Crippen molar-refractivity contribution in [2.75, 3.05) is 6.61 Å². The lowest BCUT2D eigenvalue weighted by Crippen LogP contribution is -2.13. The molecule has 0 bridgehead atoms. The zero-order valence-corrected chi connectivity index (χ0v) is 11.3. The molecule has 0 spiro atoms. The first-order valence-electron chi connectivity index (χ1n) is 6.61. The molecule has 0 saturated carbocycles. The Kier molecular flexibility index (Phi) is 3.25. The van der Waals surface area contributed by atoms with Crippen LogP contribution in [0.15, 0.2) is 22.7 Å². The first kappa shape index (κ1) is 12.2. The second-order valence-electron chi connectivity index (χ2n) is 4.95. The Morgan fingerprint density at radius 2 is 2.16 bits per heavy atom. The standard InChI is InChI=1S/C15H18N2O2/c1-10-14(11(2)19-17-10)9-16-8-12-3-4-15-13(7-12)5-6-18-15/h3-4,7,16H,5-6,8-9H2,1-2H3. The molecule has 0 fully saturated rings. The molecule has 3 rings (SSSR count). The number of rotatable bonds is 4. The van der Waals surface area contributed by atoms with E-state index in [-0.39, 0.29) is 0 Å². The maximum atomic E-state index is 5.51. The van der Waals surface area contributed by atoms with Gasteiger partial charge in [0.05, 0.1) is 12.3 Å². The molecule has 1 N–H and O–H groups in total. The molecule has 2 heterocycles. The van der Waals surface area contributed by atoms with Gasteiger partial charge < -0.3 is 14.6 Å². The van der Waals surface area contributed by atoms with Gasteiger partial charge in [-0.05, 0) is 31.0 Å². The molecule has 100 valence electrons. The molecule has 0 saturated heterocycles. The quantitative estimate of drug-likeness (QED) is 0.915. The summed E-state index contributed by atoms with van der Waals surface area (Å²) < 4.78 is 10.7. The Bertz CT molecular complexity index is 570. The average molecular weight is 258 g/mol. The van der Waals surface area contributed by atoms with E-state index >= 15 is 0 Å². The minimum absolute atomic E-state index is 0.786. The number of ether oxygens (including phenoxy) is 1. The number of fused-ring (bicyclic) bond motifs is 1. The third-order valence-electron chi connectivity index (χ3n) is 3.57. The van der Waals surface area contributed by atoms with E-state index in [1.165, 1.54) is 11.1 Å². The number of aryl methyl sites for hydroxylation is 2. The topological polar surface area (TPSA) is 47.3 Å². The second kappa shape index (κ2) is 5.05. The van der Waals surface area contributed by atoms with Crippen LogP contribution in [-0.4, -0.2) is 11.8 Å². The van der Waals surface area contributed by atoms with Gasteiger partial charge >= 0.3 is 0 Å². The largest absolute Gasteiger partial charge is 0.493 e. The number of nitrogens with zero attached hydrogens (tertiary/aromatic N) is 1. The smallest absolute Gasteiger partial charge is 0.138 e. The van der Waals surface area contributed by atoms with Crippen LogP contribution in [0.2, 0.25) is 0 Å². The molecule has 0 amide bonds. The fraction of sp³-hybridized carbons (Fsp3) is 0.400. The van der Waals surface area contributed by atoms with E-state index in [1.807, 2.05) is 13.8 Å². The number of hydrogen-bond acceptors (Lipinski definition) is 4. The molecular weight excluding hydrogens is 240 g/mol. The Balaban J connectivity index is 1.61. The van der Waals surface area contributed by atoms with Crippen molar-refractivity contribution in [3.05, 3.63) is 46.3 Å². The van der Waals surface area contributed by atoms with Gasteiger partial charge in [0, 0.05) is 25.1 Å². The van der Waals surface area contributed by atoms with Gasteiger partial charge in [0.1, 0.15) is 11.5 Å². The van der Waals surface area contributed by atoms with E-state index in [9.17, 15) is 0 Å². The van der Waals surface area contributed by atoms with Crippen molar-refractivity contribution in [3.8, 4) is 5.75 Å². The summed E-state index contributed by atoms with van der Waals surface area (Å²) in [7, 11) is 0. The predicted octanol–water partition coefficient (Wildman–Crippen LogP) is 2.52. The molecule has 0 unspecified atom stereocenters. The van der Waals surface area contributed by atoms with Gasteiger partial charge in [0.15, 0.2) is 0 Å². The van der Waals surface area contributed by atoms with Crippen LogP contribution in [0.4, 0.5) is 0 Å². The predicted molar refractivity (Wildman–Crippen MR) is 72.2 cm³/mol. The van der Waals surface area contributed by atoms with Crippen LogP contribution in [0.5, 0.6) is 5.75 Å². The highest BCUT2D eigenvalue weighted by molar-refractivity contribution is 5.39. The number of hydrogen-bond donors (Lipinski definition) is 1. The van der Waals surface area contributed by atoms with Gasteiger partial charge in [-0.2, -0.15) is 0 Å². The number of nitrogens with one attached hydrogen (secondary N) is 1. The van der Waals surface area contributed by atoms with Gasteiger partial charge in [-0.1, -0.05) is 17.3 Å². The Labute approximate surface area is 112 Å². The molecular formula is C15H18N2O2. The van der Waals surface area contributed by atoms with Crippen LogP contribution >= 0.6 is 0 Å². The highest BCUT2D eigenvalue weighted by Crippen LogP contribution is 2.25. The maximum absolute atomic E-state index is 5.51. The van der Waals surface area contributed by atoms with Gasteiger partial charge in [-0.25, -0.2) is 0 Å². The summed E-state index contributed by atoms with van der Waals surface area (Å²) in [6.07, 6.45) is 1.02. The molecule has 1 aliphatic rings. The molecule has 4 nitrogen and oxygen atoms in total. The van der Waals surface area contributed by atoms with E-state index in [1.54, 1.807) is 0 Å². The lowest BCUT2D eigenvalue weighted by molar-refractivity contribution is 0.357. The van der Waals surface area contributed by atoms with Gasteiger partial charge in [0.25, 0.3) is 0 Å². The minimum atomic E-state index is 0.786. The van der Waals surface area contributed by atoms with Crippen molar-refractivity contribution in [2.24, 2.45) is 0 Å². The van der Waals surface area contributed by atoms with E-state index in [4.69, 9.17) is 9.26 Å². The zero-order valence-electron chi connectivity index (χ0n) is 11.3. The fourth-order valence-corrected chi connectivity index (χ4v) is 2.44. The van der Waals surface area contributed by atoms with Crippen LogP contribution in [-0.2, 0) is 19.5 Å². The molecule has 0 aliphatic carbocycles. The molecule has 4 heteroatoms. The van der Waals surface area contributed by atoms with E-state index in [2.05, 4.69) is 28.7 Å². The summed E-state index contributed by atoms with van der Waals surface area (Å²) in [6.45, 7) is 6.36. The van der Waals surface area contributed by atoms with E-state index < -0.39 is 0 Å². The van der Waals surface area contributed by atoms with E-state index in [0.29, 0.717) is 0 Å².